The van der Waals surface area contributed by atoms with Crippen LogP contribution in [0.2, 0.25) is 0 Å². The van der Waals surface area contributed by atoms with Gasteiger partial charge in [-0.1, -0.05) is 31.1 Å². The molecule has 0 spiro atoms. The molecule has 0 saturated carbocycles. The average molecular weight is 357 g/mol. The molecule has 0 aliphatic carbocycles. The molecular weight excluding hydrogens is 324 g/mol. The molecule has 1 unspecified atom stereocenters. The highest BCUT2D eigenvalue weighted by Crippen LogP contribution is 2.20. The largest absolute Gasteiger partial charge is 0.492 e. The standard InChI is InChI=1S/C23H32O3/c1-7-8-22(26-18(2)3)16-19(4)15-20-9-11-21(12-10-20)25-17-23(5,6)13-14-24/h7-12,16,18-19,24H,15,17H2,1-6H3/b8-7-,22-16+. The number of benzene rings is 1. The van der Waals surface area contributed by atoms with Gasteiger partial charge in [0, 0.05) is 0 Å². The van der Waals surface area contributed by atoms with Gasteiger partial charge in [0.25, 0.3) is 0 Å². The van der Waals surface area contributed by atoms with Crippen molar-refractivity contribution in [1.82, 2.24) is 0 Å². The second kappa shape index (κ2) is 10.6. The van der Waals surface area contributed by atoms with Crippen molar-refractivity contribution in [3.8, 4) is 17.8 Å². The average Bonchev–Trinajstić information content (AvgIpc) is 2.54. The molecule has 1 atom stereocenters. The summed E-state index contributed by atoms with van der Waals surface area (Å²) in [4.78, 5) is 0. The predicted octanol–water partition coefficient (Wildman–Crippen LogP) is 5.49. The minimum atomic E-state index is -0.383. The Kier molecular flexibility index (Phi) is 8.85. The summed E-state index contributed by atoms with van der Waals surface area (Å²) in [6.07, 6.45) is 9.23. The molecule has 0 radical (unpaired) electrons. The highest BCUT2D eigenvalue weighted by atomic mass is 16.5. The van der Waals surface area contributed by atoms with Gasteiger partial charge in [0.2, 0.25) is 0 Å². The summed E-state index contributed by atoms with van der Waals surface area (Å²) in [5.41, 5.74) is 0.867. The highest BCUT2D eigenvalue weighted by molar-refractivity contribution is 5.28. The van der Waals surface area contributed by atoms with Crippen LogP contribution in [-0.2, 0) is 11.2 Å². The van der Waals surface area contributed by atoms with E-state index in [1.165, 1.54) is 5.56 Å². The third-order valence-electron chi connectivity index (χ3n) is 3.63. The fourth-order valence-electron chi connectivity index (χ4n) is 2.45. The minimum absolute atomic E-state index is 0.167. The minimum Gasteiger partial charge on any atom is -0.492 e. The predicted molar refractivity (Wildman–Crippen MR) is 107 cm³/mol. The molecule has 26 heavy (non-hydrogen) atoms. The molecular formula is C23H32O3. The van der Waals surface area contributed by atoms with Crippen molar-refractivity contribution in [2.45, 2.75) is 54.1 Å². The van der Waals surface area contributed by atoms with E-state index >= 15 is 0 Å². The zero-order chi connectivity index (χ0) is 19.6. The van der Waals surface area contributed by atoms with Gasteiger partial charge in [-0.2, -0.15) is 0 Å². The van der Waals surface area contributed by atoms with Gasteiger partial charge in [-0.25, -0.2) is 0 Å². The maximum absolute atomic E-state index is 8.73. The second-order valence-electron chi connectivity index (χ2n) is 7.47. The smallest absolute Gasteiger partial charge is 0.119 e. The van der Waals surface area contributed by atoms with Crippen LogP contribution in [-0.4, -0.2) is 17.8 Å². The highest BCUT2D eigenvalue weighted by Gasteiger charge is 2.15. The van der Waals surface area contributed by atoms with Gasteiger partial charge in [0.1, 0.15) is 24.2 Å². The van der Waals surface area contributed by atoms with Gasteiger partial charge in [-0.05, 0) is 76.8 Å². The Labute approximate surface area is 158 Å². The molecule has 0 saturated heterocycles. The van der Waals surface area contributed by atoms with Gasteiger partial charge < -0.3 is 14.6 Å². The van der Waals surface area contributed by atoms with Crippen molar-refractivity contribution in [2.24, 2.45) is 11.3 Å². The van der Waals surface area contributed by atoms with Gasteiger partial charge in [0.15, 0.2) is 0 Å². The summed E-state index contributed by atoms with van der Waals surface area (Å²) in [5.74, 6) is 4.82. The van der Waals surface area contributed by atoms with Gasteiger partial charge >= 0.3 is 0 Å². The first kappa shape index (κ1) is 21.7. The van der Waals surface area contributed by atoms with Crippen LogP contribution < -0.4 is 4.74 Å². The molecule has 0 aliphatic rings. The number of aliphatic hydroxyl groups excluding tert-OH is 1. The van der Waals surface area contributed by atoms with Gasteiger partial charge in [-0.3, -0.25) is 0 Å². The summed E-state index contributed by atoms with van der Waals surface area (Å²) in [7, 11) is 0. The molecule has 0 aromatic heterocycles. The fraction of sp³-hybridized carbons (Fsp3) is 0.478. The molecule has 0 amide bonds. The van der Waals surface area contributed by atoms with E-state index in [2.05, 4.69) is 31.1 Å². The summed E-state index contributed by atoms with van der Waals surface area (Å²) < 4.78 is 11.6. The van der Waals surface area contributed by atoms with Crippen molar-refractivity contribution < 1.29 is 14.6 Å². The molecule has 1 rings (SSSR count). The van der Waals surface area contributed by atoms with Crippen LogP contribution in [0.5, 0.6) is 5.75 Å². The number of hydrogen-bond donors (Lipinski definition) is 1. The molecule has 0 bridgehead atoms. The Bertz CT molecular complexity index is 655. The first-order chi connectivity index (χ1) is 12.3. The van der Waals surface area contributed by atoms with E-state index in [0.717, 1.165) is 17.9 Å². The fourth-order valence-corrected chi connectivity index (χ4v) is 2.45. The number of ether oxygens (including phenoxy) is 2. The van der Waals surface area contributed by atoms with E-state index in [1.807, 2.05) is 65.0 Å². The van der Waals surface area contributed by atoms with Crippen LogP contribution in [0.4, 0.5) is 0 Å². The molecule has 0 fully saturated rings. The Hall–Kier alpha value is -2.34. The molecule has 0 heterocycles. The topological polar surface area (TPSA) is 38.7 Å². The van der Waals surface area contributed by atoms with E-state index in [1.54, 1.807) is 0 Å². The summed E-state index contributed by atoms with van der Waals surface area (Å²) >= 11 is 0. The van der Waals surface area contributed by atoms with E-state index < -0.39 is 0 Å². The van der Waals surface area contributed by atoms with Crippen LogP contribution in [0, 0.1) is 23.4 Å². The van der Waals surface area contributed by atoms with Crippen molar-refractivity contribution in [1.29, 1.82) is 0 Å². The Morgan fingerprint density at radius 2 is 1.85 bits per heavy atom. The van der Waals surface area contributed by atoms with Crippen molar-refractivity contribution in [3.05, 3.63) is 53.8 Å². The number of aliphatic hydroxyl groups is 1. The lowest BCUT2D eigenvalue weighted by Gasteiger charge is -2.18. The monoisotopic (exact) mass is 356 g/mol. The van der Waals surface area contributed by atoms with E-state index in [9.17, 15) is 0 Å². The maximum atomic E-state index is 8.73. The quantitative estimate of drug-likeness (QED) is 0.361. The first-order valence-electron chi connectivity index (χ1n) is 9.15. The van der Waals surface area contributed by atoms with Gasteiger partial charge in [0.05, 0.1) is 11.5 Å². The van der Waals surface area contributed by atoms with Crippen LogP contribution >= 0.6 is 0 Å². The molecule has 0 aliphatic heterocycles. The molecule has 1 N–H and O–H groups in total. The van der Waals surface area contributed by atoms with Crippen molar-refractivity contribution in [3.63, 3.8) is 0 Å². The lowest BCUT2D eigenvalue weighted by atomic mass is 9.96. The van der Waals surface area contributed by atoms with E-state index in [0.29, 0.717) is 12.5 Å². The zero-order valence-corrected chi connectivity index (χ0v) is 16.9. The molecule has 3 heteroatoms. The molecule has 142 valence electrons. The molecule has 1 aromatic carbocycles. The molecule has 1 aromatic rings. The van der Waals surface area contributed by atoms with E-state index in [4.69, 9.17) is 14.6 Å². The van der Waals surface area contributed by atoms with Crippen LogP contribution in [0.25, 0.3) is 0 Å². The number of allylic oxidation sites excluding steroid dienone is 3. The van der Waals surface area contributed by atoms with E-state index in [-0.39, 0.29) is 11.5 Å². The second-order valence-corrected chi connectivity index (χ2v) is 7.47. The third-order valence-corrected chi connectivity index (χ3v) is 3.63. The first-order valence-corrected chi connectivity index (χ1v) is 9.15. The van der Waals surface area contributed by atoms with Crippen molar-refractivity contribution >= 4 is 0 Å². The van der Waals surface area contributed by atoms with Crippen LogP contribution in [0.15, 0.2) is 48.3 Å². The van der Waals surface area contributed by atoms with Gasteiger partial charge in [-0.15, -0.1) is 0 Å². The molecule has 3 nitrogen and oxygen atoms in total. The summed E-state index contributed by atoms with van der Waals surface area (Å²) in [6.45, 7) is 12.5. The summed E-state index contributed by atoms with van der Waals surface area (Å²) in [5, 5.41) is 8.73. The lowest BCUT2D eigenvalue weighted by molar-refractivity contribution is 0.156. The lowest BCUT2D eigenvalue weighted by Crippen LogP contribution is -2.19. The maximum Gasteiger partial charge on any atom is 0.119 e. The normalized spacial score (nSPS) is 13.4. The number of rotatable bonds is 9. The van der Waals surface area contributed by atoms with Crippen molar-refractivity contribution in [2.75, 3.05) is 6.61 Å². The van der Waals surface area contributed by atoms with Crippen LogP contribution in [0.3, 0.4) is 0 Å². The Balaban J connectivity index is 2.66. The zero-order valence-electron chi connectivity index (χ0n) is 16.9. The van der Waals surface area contributed by atoms with Crippen LogP contribution in [0.1, 0.15) is 47.1 Å². The summed E-state index contributed by atoms with van der Waals surface area (Å²) in [6, 6.07) is 8.13. The Morgan fingerprint density at radius 3 is 2.38 bits per heavy atom. The number of hydrogen-bond acceptors (Lipinski definition) is 3. The third kappa shape index (κ3) is 8.67. The SMILES string of the molecule is C/C=C\C(=C/C(C)Cc1ccc(OCC(C)(C)C#CO)cc1)OC(C)C. The Morgan fingerprint density at radius 1 is 1.19 bits per heavy atom.